The number of aryl methyl sites for hydroxylation is 1. The number of amides is 1. The molecule has 0 saturated carbocycles. The summed E-state index contributed by atoms with van der Waals surface area (Å²) in [5.74, 6) is 0.583. The molecule has 3 aromatic rings. The highest BCUT2D eigenvalue weighted by atomic mass is 32.2. The van der Waals surface area contributed by atoms with E-state index in [1.165, 1.54) is 11.3 Å². The summed E-state index contributed by atoms with van der Waals surface area (Å²) in [6, 6.07) is 16.8. The Morgan fingerprint density at radius 1 is 1.10 bits per heavy atom. The third-order valence-corrected chi connectivity index (χ3v) is 6.06. The molecule has 29 heavy (non-hydrogen) atoms. The van der Waals surface area contributed by atoms with Gasteiger partial charge in [-0.05, 0) is 37.5 Å². The Kier molecular flexibility index (Phi) is 7.61. The molecule has 4 nitrogen and oxygen atoms in total. The van der Waals surface area contributed by atoms with Crippen molar-refractivity contribution in [1.29, 1.82) is 0 Å². The Morgan fingerprint density at radius 3 is 2.52 bits per heavy atom. The maximum atomic E-state index is 12.9. The molecule has 0 spiro atoms. The van der Waals surface area contributed by atoms with Crippen LogP contribution in [0, 0.1) is 6.92 Å². The zero-order valence-corrected chi connectivity index (χ0v) is 18.2. The number of hydrogen-bond acceptors (Lipinski definition) is 5. The van der Waals surface area contributed by atoms with Crippen molar-refractivity contribution in [3.8, 4) is 11.3 Å². The molecule has 0 aliphatic heterocycles. The van der Waals surface area contributed by atoms with E-state index < -0.39 is 6.04 Å². The minimum atomic E-state index is -0.514. The third kappa shape index (κ3) is 6.02. The molecule has 1 amide bonds. The molecule has 1 N–H and O–H groups in total. The highest BCUT2D eigenvalue weighted by Crippen LogP contribution is 2.22. The van der Waals surface area contributed by atoms with Crippen molar-refractivity contribution in [3.63, 3.8) is 0 Å². The van der Waals surface area contributed by atoms with Crippen molar-refractivity contribution in [3.05, 3.63) is 76.1 Å². The predicted octanol–water partition coefficient (Wildman–Crippen LogP) is 4.78. The fourth-order valence-corrected chi connectivity index (χ4v) is 4.19. The first kappa shape index (κ1) is 21.3. The maximum Gasteiger partial charge on any atom is 0.251 e. The highest BCUT2D eigenvalue weighted by molar-refractivity contribution is 7.98. The van der Waals surface area contributed by atoms with Crippen molar-refractivity contribution < 1.29 is 9.59 Å². The van der Waals surface area contributed by atoms with Gasteiger partial charge in [0.2, 0.25) is 0 Å². The molecule has 3 rings (SSSR count). The summed E-state index contributed by atoms with van der Waals surface area (Å²) < 4.78 is 0. The molecule has 1 atom stereocenters. The van der Waals surface area contributed by atoms with Crippen molar-refractivity contribution in [2.75, 3.05) is 12.0 Å². The lowest BCUT2D eigenvalue weighted by Crippen LogP contribution is -2.42. The summed E-state index contributed by atoms with van der Waals surface area (Å²) >= 11 is 3.14. The Bertz CT molecular complexity index is 953. The summed E-state index contributed by atoms with van der Waals surface area (Å²) in [4.78, 5) is 30.1. The number of carbonyl (C=O) groups excluding carboxylic acids is 2. The van der Waals surface area contributed by atoms with E-state index in [0.29, 0.717) is 12.0 Å². The zero-order chi connectivity index (χ0) is 20.6. The molecule has 2 aromatic carbocycles. The number of benzene rings is 2. The summed E-state index contributed by atoms with van der Waals surface area (Å²) in [5.41, 5.74) is 3.57. The Labute approximate surface area is 179 Å². The topological polar surface area (TPSA) is 59.1 Å². The lowest BCUT2D eigenvalue weighted by atomic mass is 10.1. The summed E-state index contributed by atoms with van der Waals surface area (Å²) in [6.07, 6.45) is 2.83. The first-order valence-corrected chi connectivity index (χ1v) is 11.7. The van der Waals surface area contributed by atoms with Gasteiger partial charge in [-0.3, -0.25) is 9.59 Å². The molecule has 0 radical (unpaired) electrons. The molecule has 0 fully saturated rings. The predicted molar refractivity (Wildman–Crippen MR) is 122 cm³/mol. The lowest BCUT2D eigenvalue weighted by molar-refractivity contribution is -0.120. The van der Waals surface area contributed by atoms with E-state index in [1.54, 1.807) is 23.9 Å². The molecule has 0 unspecified atom stereocenters. The van der Waals surface area contributed by atoms with Gasteiger partial charge in [0.1, 0.15) is 5.01 Å². The molecular weight excluding hydrogens is 400 g/mol. The van der Waals surface area contributed by atoms with Gasteiger partial charge in [0.05, 0.1) is 18.2 Å². The maximum absolute atomic E-state index is 12.9. The molecular formula is C23H24N2O2S2. The molecule has 0 aliphatic rings. The second-order valence-corrected chi connectivity index (χ2v) is 8.74. The van der Waals surface area contributed by atoms with Crippen LogP contribution in [-0.4, -0.2) is 34.7 Å². The molecule has 6 heteroatoms. The Hall–Kier alpha value is -2.44. The van der Waals surface area contributed by atoms with Gasteiger partial charge < -0.3 is 5.32 Å². The van der Waals surface area contributed by atoms with Crippen LogP contribution in [0.3, 0.4) is 0 Å². The van der Waals surface area contributed by atoms with Crippen LogP contribution >= 0.6 is 23.1 Å². The molecule has 1 heterocycles. The quantitative estimate of drug-likeness (QED) is 0.537. The third-order valence-electron chi connectivity index (χ3n) is 4.57. The minimum absolute atomic E-state index is 0.00604. The molecule has 1 aromatic heterocycles. The van der Waals surface area contributed by atoms with Crippen LogP contribution in [0.4, 0.5) is 0 Å². The number of Topliss-reactive ketones (excluding diaryl/α,β-unsaturated/α-hetero) is 1. The number of nitrogens with one attached hydrogen (secondary N) is 1. The van der Waals surface area contributed by atoms with E-state index in [1.807, 2.05) is 61.0 Å². The molecule has 150 valence electrons. The van der Waals surface area contributed by atoms with Crippen LogP contribution in [0.1, 0.15) is 27.3 Å². The first-order valence-electron chi connectivity index (χ1n) is 9.46. The number of ketones is 1. The van der Waals surface area contributed by atoms with Crippen LogP contribution in [0.15, 0.2) is 60.0 Å². The average molecular weight is 425 g/mol. The number of hydrogen-bond donors (Lipinski definition) is 1. The number of thioether (sulfide) groups is 1. The van der Waals surface area contributed by atoms with Gasteiger partial charge in [0.25, 0.3) is 5.91 Å². The van der Waals surface area contributed by atoms with Gasteiger partial charge in [-0.1, -0.05) is 48.0 Å². The van der Waals surface area contributed by atoms with Gasteiger partial charge >= 0.3 is 0 Å². The molecule has 0 bridgehead atoms. The Morgan fingerprint density at radius 2 is 1.83 bits per heavy atom. The van der Waals surface area contributed by atoms with Crippen molar-refractivity contribution >= 4 is 34.8 Å². The molecule has 0 saturated heterocycles. The van der Waals surface area contributed by atoms with Crippen LogP contribution in [0.5, 0.6) is 0 Å². The van der Waals surface area contributed by atoms with Gasteiger partial charge in [-0.25, -0.2) is 4.98 Å². The van der Waals surface area contributed by atoms with Crippen LogP contribution in [-0.2, 0) is 11.2 Å². The second kappa shape index (κ2) is 10.4. The SMILES string of the molecule is CSCC[C@H](NC(=O)c1ccc(C)cc1)C(=O)Cc1nc(-c2ccccc2)cs1. The van der Waals surface area contributed by atoms with Gasteiger partial charge in [0.15, 0.2) is 5.78 Å². The Balaban J connectivity index is 1.68. The summed E-state index contributed by atoms with van der Waals surface area (Å²) in [7, 11) is 0. The van der Waals surface area contributed by atoms with Crippen molar-refractivity contribution in [2.45, 2.75) is 25.8 Å². The number of nitrogens with zero attached hydrogens (tertiary/aromatic N) is 1. The van der Waals surface area contributed by atoms with E-state index in [2.05, 4.69) is 10.3 Å². The van der Waals surface area contributed by atoms with E-state index in [9.17, 15) is 9.59 Å². The average Bonchev–Trinajstić information content (AvgIpc) is 3.20. The molecule has 0 aliphatic carbocycles. The van der Waals surface area contributed by atoms with Gasteiger partial charge in [-0.15, -0.1) is 11.3 Å². The van der Waals surface area contributed by atoms with Crippen molar-refractivity contribution in [2.24, 2.45) is 0 Å². The zero-order valence-electron chi connectivity index (χ0n) is 16.6. The minimum Gasteiger partial charge on any atom is -0.342 e. The largest absolute Gasteiger partial charge is 0.342 e. The van der Waals surface area contributed by atoms with Crippen LogP contribution < -0.4 is 5.32 Å². The summed E-state index contributed by atoms with van der Waals surface area (Å²) in [5, 5.41) is 5.66. The lowest BCUT2D eigenvalue weighted by Gasteiger charge is -2.17. The normalized spacial score (nSPS) is 11.8. The fraction of sp³-hybridized carbons (Fsp3) is 0.261. The number of aromatic nitrogens is 1. The monoisotopic (exact) mass is 424 g/mol. The first-order chi connectivity index (χ1) is 14.1. The second-order valence-electron chi connectivity index (χ2n) is 6.81. The van der Waals surface area contributed by atoms with E-state index in [0.717, 1.165) is 27.6 Å². The van der Waals surface area contributed by atoms with Gasteiger partial charge in [-0.2, -0.15) is 11.8 Å². The summed E-state index contributed by atoms with van der Waals surface area (Å²) in [6.45, 7) is 1.98. The standard InChI is InChI=1S/C23H24N2O2S2/c1-16-8-10-18(11-9-16)23(27)25-19(12-13-28-2)21(26)14-22-24-20(15-29-22)17-6-4-3-5-7-17/h3-11,15,19H,12-14H2,1-2H3,(H,25,27)/t19-/m0/s1. The number of thiazole rings is 1. The number of rotatable bonds is 9. The van der Waals surface area contributed by atoms with E-state index >= 15 is 0 Å². The van der Waals surface area contributed by atoms with E-state index in [-0.39, 0.29) is 18.1 Å². The van der Waals surface area contributed by atoms with Gasteiger partial charge in [0, 0.05) is 16.5 Å². The smallest absolute Gasteiger partial charge is 0.251 e. The fourth-order valence-electron chi connectivity index (χ4n) is 2.90. The van der Waals surface area contributed by atoms with E-state index in [4.69, 9.17) is 0 Å². The number of carbonyl (C=O) groups is 2. The van der Waals surface area contributed by atoms with Crippen LogP contribution in [0.2, 0.25) is 0 Å². The van der Waals surface area contributed by atoms with Crippen LogP contribution in [0.25, 0.3) is 11.3 Å². The van der Waals surface area contributed by atoms with Crippen molar-refractivity contribution in [1.82, 2.24) is 10.3 Å². The highest BCUT2D eigenvalue weighted by Gasteiger charge is 2.22.